The minimum atomic E-state index is -0.159. The standard InChI is InChI=1S/C22H23ClN4O3S/c1-3-13-27-14-21(30-19-9-5-16(23)6-10-19)25-22(26-27)31-15-20(28)24-17-7-11-18(12-8-17)29-4-2/h3,5-12H,1,4,13-15H2,2H3,(H,24,28). The van der Waals surface area contributed by atoms with E-state index in [0.717, 1.165) is 5.75 Å². The summed E-state index contributed by atoms with van der Waals surface area (Å²) in [5.41, 5.74) is 0.697. The van der Waals surface area contributed by atoms with Gasteiger partial charge in [0, 0.05) is 10.7 Å². The van der Waals surface area contributed by atoms with Crippen LogP contribution in [0.4, 0.5) is 5.69 Å². The van der Waals surface area contributed by atoms with Crippen molar-refractivity contribution < 1.29 is 14.3 Å². The molecule has 9 heteroatoms. The number of nitrogens with zero attached hydrogens (tertiary/aromatic N) is 3. The second-order valence-corrected chi connectivity index (χ2v) is 7.75. The highest BCUT2D eigenvalue weighted by atomic mass is 35.5. The van der Waals surface area contributed by atoms with Gasteiger partial charge in [-0.1, -0.05) is 29.4 Å². The summed E-state index contributed by atoms with van der Waals surface area (Å²) in [6.07, 6.45) is 1.75. The first kappa shape index (κ1) is 22.7. The van der Waals surface area contributed by atoms with Crippen molar-refractivity contribution in [2.24, 2.45) is 10.1 Å². The maximum atomic E-state index is 12.3. The molecule has 0 spiro atoms. The van der Waals surface area contributed by atoms with E-state index >= 15 is 0 Å². The van der Waals surface area contributed by atoms with Gasteiger partial charge in [0.2, 0.25) is 17.0 Å². The van der Waals surface area contributed by atoms with E-state index in [2.05, 4.69) is 22.0 Å². The largest absolute Gasteiger partial charge is 0.494 e. The number of anilines is 1. The molecule has 1 amide bonds. The highest BCUT2D eigenvalue weighted by Crippen LogP contribution is 2.19. The van der Waals surface area contributed by atoms with Crippen LogP contribution in [0, 0.1) is 0 Å². The van der Waals surface area contributed by atoms with Gasteiger partial charge in [-0.2, -0.15) is 4.99 Å². The molecule has 1 heterocycles. The molecule has 0 saturated heterocycles. The number of thioether (sulfide) groups is 1. The Labute approximate surface area is 190 Å². The molecule has 162 valence electrons. The molecule has 7 nitrogen and oxygen atoms in total. The molecule has 0 aromatic heterocycles. The van der Waals surface area contributed by atoms with Crippen LogP contribution in [-0.2, 0) is 4.79 Å². The lowest BCUT2D eigenvalue weighted by Gasteiger charge is -2.23. The summed E-state index contributed by atoms with van der Waals surface area (Å²) in [7, 11) is 0. The minimum Gasteiger partial charge on any atom is -0.494 e. The summed E-state index contributed by atoms with van der Waals surface area (Å²) in [6, 6.07) is 14.3. The molecule has 0 atom stereocenters. The van der Waals surface area contributed by atoms with Gasteiger partial charge in [-0.05, 0) is 55.5 Å². The first-order valence-electron chi connectivity index (χ1n) is 9.66. The van der Waals surface area contributed by atoms with E-state index in [1.165, 1.54) is 11.8 Å². The van der Waals surface area contributed by atoms with Gasteiger partial charge in [0.1, 0.15) is 18.0 Å². The van der Waals surface area contributed by atoms with Gasteiger partial charge in [0.25, 0.3) is 0 Å². The molecule has 0 fully saturated rings. The second kappa shape index (κ2) is 11.4. The first-order chi connectivity index (χ1) is 15.1. The molecule has 3 rings (SSSR count). The number of ether oxygens (including phenoxy) is 2. The average molecular weight is 459 g/mol. The molecular formula is C22H23ClN4O3S. The summed E-state index contributed by atoms with van der Waals surface area (Å²) in [4.78, 5) is 16.8. The lowest BCUT2D eigenvalue weighted by atomic mass is 10.3. The molecule has 1 aliphatic rings. The van der Waals surface area contributed by atoms with Crippen molar-refractivity contribution >= 4 is 46.0 Å². The van der Waals surface area contributed by atoms with Crippen LogP contribution < -0.4 is 14.8 Å². The Morgan fingerprint density at radius 2 is 1.94 bits per heavy atom. The fraction of sp³-hybridized carbons (Fsp3) is 0.227. The van der Waals surface area contributed by atoms with Gasteiger partial charge >= 0.3 is 0 Å². The smallest absolute Gasteiger partial charge is 0.234 e. The van der Waals surface area contributed by atoms with Gasteiger partial charge in [0.05, 0.1) is 18.9 Å². The van der Waals surface area contributed by atoms with Gasteiger partial charge in [0.15, 0.2) is 0 Å². The van der Waals surface area contributed by atoms with E-state index < -0.39 is 0 Å². The quantitative estimate of drug-likeness (QED) is 0.582. The van der Waals surface area contributed by atoms with Crippen LogP contribution in [0.1, 0.15) is 6.92 Å². The SMILES string of the molecule is C=CCN1CC(Oc2ccc(Cl)cc2)=NC(SCC(=O)Nc2ccc(OCC)cc2)=N1. The summed E-state index contributed by atoms with van der Waals surface area (Å²) < 4.78 is 11.3. The number of benzene rings is 2. The first-order valence-corrected chi connectivity index (χ1v) is 11.0. The molecule has 0 saturated carbocycles. The van der Waals surface area contributed by atoms with Crippen molar-refractivity contribution in [2.75, 3.05) is 30.8 Å². The molecule has 31 heavy (non-hydrogen) atoms. The highest BCUT2D eigenvalue weighted by Gasteiger charge is 2.18. The number of rotatable bonds is 8. The Morgan fingerprint density at radius 1 is 1.23 bits per heavy atom. The number of carbonyl (C=O) groups is 1. The van der Waals surface area contributed by atoms with E-state index in [0.29, 0.717) is 47.2 Å². The summed E-state index contributed by atoms with van der Waals surface area (Å²) in [5.74, 6) is 1.87. The molecule has 0 unspecified atom stereocenters. The second-order valence-electron chi connectivity index (χ2n) is 6.37. The van der Waals surface area contributed by atoms with Crippen LogP contribution in [0.25, 0.3) is 0 Å². The topological polar surface area (TPSA) is 75.5 Å². The van der Waals surface area contributed by atoms with E-state index in [-0.39, 0.29) is 11.7 Å². The number of hydrazone groups is 1. The Kier molecular flexibility index (Phi) is 8.37. The van der Waals surface area contributed by atoms with Crippen LogP contribution in [0.2, 0.25) is 5.02 Å². The molecule has 2 aromatic rings. The number of aliphatic imine (C=N–C) groups is 1. The Balaban J connectivity index is 1.59. The van der Waals surface area contributed by atoms with Gasteiger partial charge < -0.3 is 14.8 Å². The van der Waals surface area contributed by atoms with Crippen molar-refractivity contribution in [1.82, 2.24) is 5.01 Å². The predicted octanol–water partition coefficient (Wildman–Crippen LogP) is 4.66. The zero-order chi connectivity index (χ0) is 22.1. The van der Waals surface area contributed by atoms with Crippen LogP contribution >= 0.6 is 23.4 Å². The zero-order valence-electron chi connectivity index (χ0n) is 17.1. The van der Waals surface area contributed by atoms with E-state index in [1.807, 2.05) is 19.1 Å². The number of carbonyl (C=O) groups excluding carboxylic acids is 1. The number of amidine groups is 1. The number of nitrogens with one attached hydrogen (secondary N) is 1. The third-order valence-electron chi connectivity index (χ3n) is 3.94. The van der Waals surface area contributed by atoms with Crippen molar-refractivity contribution in [1.29, 1.82) is 0 Å². The zero-order valence-corrected chi connectivity index (χ0v) is 18.7. The summed E-state index contributed by atoms with van der Waals surface area (Å²) >= 11 is 7.15. The van der Waals surface area contributed by atoms with Gasteiger partial charge in [-0.25, -0.2) is 0 Å². The fourth-order valence-electron chi connectivity index (χ4n) is 2.61. The molecule has 0 radical (unpaired) electrons. The average Bonchev–Trinajstić information content (AvgIpc) is 2.76. The lowest BCUT2D eigenvalue weighted by molar-refractivity contribution is -0.113. The molecule has 0 aliphatic carbocycles. The molecule has 1 N–H and O–H groups in total. The highest BCUT2D eigenvalue weighted by molar-refractivity contribution is 8.14. The van der Waals surface area contributed by atoms with Gasteiger partial charge in [-0.3, -0.25) is 9.80 Å². The van der Waals surface area contributed by atoms with Crippen LogP contribution in [-0.4, -0.2) is 47.4 Å². The predicted molar refractivity (Wildman–Crippen MR) is 127 cm³/mol. The van der Waals surface area contributed by atoms with E-state index in [4.69, 9.17) is 21.1 Å². The number of halogens is 1. The summed E-state index contributed by atoms with van der Waals surface area (Å²) in [6.45, 7) is 7.20. The van der Waals surface area contributed by atoms with Crippen molar-refractivity contribution in [3.05, 3.63) is 66.2 Å². The van der Waals surface area contributed by atoms with E-state index in [9.17, 15) is 4.79 Å². The van der Waals surface area contributed by atoms with Crippen molar-refractivity contribution in [3.63, 3.8) is 0 Å². The Hall–Kier alpha value is -2.97. The van der Waals surface area contributed by atoms with Crippen LogP contribution in [0.5, 0.6) is 11.5 Å². The number of hydrogen-bond acceptors (Lipinski definition) is 7. The third-order valence-corrected chi connectivity index (χ3v) is 5.03. The fourth-order valence-corrected chi connectivity index (χ4v) is 3.41. The summed E-state index contributed by atoms with van der Waals surface area (Å²) in [5, 5.41) is 10.1. The molecular weight excluding hydrogens is 436 g/mol. The molecule has 1 aliphatic heterocycles. The van der Waals surface area contributed by atoms with E-state index in [1.54, 1.807) is 47.5 Å². The maximum Gasteiger partial charge on any atom is 0.234 e. The minimum absolute atomic E-state index is 0.158. The van der Waals surface area contributed by atoms with Crippen molar-refractivity contribution in [2.45, 2.75) is 6.92 Å². The normalized spacial score (nSPS) is 13.2. The molecule has 2 aromatic carbocycles. The van der Waals surface area contributed by atoms with Crippen LogP contribution in [0.15, 0.2) is 71.3 Å². The Bertz CT molecular complexity index is 962. The maximum absolute atomic E-state index is 12.3. The molecule has 0 bridgehead atoms. The van der Waals surface area contributed by atoms with Gasteiger partial charge in [-0.15, -0.1) is 11.7 Å². The Morgan fingerprint density at radius 3 is 2.61 bits per heavy atom. The van der Waals surface area contributed by atoms with Crippen LogP contribution in [0.3, 0.4) is 0 Å². The third kappa shape index (κ3) is 7.34. The number of hydrogen-bond donors (Lipinski definition) is 1. The lowest BCUT2D eigenvalue weighted by Crippen LogP contribution is -2.33. The monoisotopic (exact) mass is 458 g/mol. The van der Waals surface area contributed by atoms with Crippen molar-refractivity contribution in [3.8, 4) is 11.5 Å². The number of amides is 1.